The molecule has 1 unspecified atom stereocenters. The van der Waals surface area contributed by atoms with Gasteiger partial charge in [-0.05, 0) is 13.3 Å². The number of imide groups is 1. The summed E-state index contributed by atoms with van der Waals surface area (Å²) < 4.78 is 0. The fraction of sp³-hybridized carbons (Fsp3) is 0.625. The van der Waals surface area contributed by atoms with E-state index in [-0.39, 0.29) is 11.8 Å². The average Bonchev–Trinajstić information content (AvgIpc) is 2.16. The van der Waals surface area contributed by atoms with E-state index in [1.807, 2.05) is 5.43 Å². The third kappa shape index (κ3) is 1.90. The van der Waals surface area contributed by atoms with Crippen LogP contribution >= 0.6 is 0 Å². The lowest BCUT2D eigenvalue weighted by Crippen LogP contribution is -2.53. The van der Waals surface area contributed by atoms with Gasteiger partial charge in [-0.15, -0.1) is 0 Å². The molecule has 1 saturated heterocycles. The lowest BCUT2D eigenvalue weighted by atomic mass is 10.1. The average molecular weight is 199 g/mol. The van der Waals surface area contributed by atoms with Crippen molar-refractivity contribution < 1.29 is 14.4 Å². The molecule has 1 heterocycles. The Labute approximate surface area is 81.4 Å². The Kier molecular flexibility index (Phi) is 3.19. The van der Waals surface area contributed by atoms with Crippen molar-refractivity contribution >= 4 is 17.7 Å². The zero-order chi connectivity index (χ0) is 10.7. The Balaban J connectivity index is 2.77. The van der Waals surface area contributed by atoms with Crippen LogP contribution in [-0.2, 0) is 14.4 Å². The number of rotatable bonds is 2. The van der Waals surface area contributed by atoms with Crippen molar-refractivity contribution in [3.63, 3.8) is 0 Å². The molecule has 0 aromatic rings. The number of hydrazine groups is 1. The molecule has 3 N–H and O–H groups in total. The molecular formula is C8H13N3O3. The predicted molar refractivity (Wildman–Crippen MR) is 47.5 cm³/mol. The molecule has 6 heteroatoms. The summed E-state index contributed by atoms with van der Waals surface area (Å²) in [5, 5.41) is 0. The van der Waals surface area contributed by atoms with Crippen molar-refractivity contribution in [3.05, 3.63) is 0 Å². The van der Waals surface area contributed by atoms with Gasteiger partial charge in [-0.2, -0.15) is 0 Å². The first kappa shape index (κ1) is 10.6. The number of likely N-dealkylation sites (tertiary alicyclic amines) is 1. The highest BCUT2D eigenvalue weighted by Gasteiger charge is 2.33. The standard InChI is InChI=1S/C8H13N3O3/c1-5(8(14)10-9)11-6(12)3-2-4-7(11)13/h5H,2-4,9H2,1H3,(H,10,14). The minimum Gasteiger partial charge on any atom is -0.292 e. The second-order valence-electron chi connectivity index (χ2n) is 3.20. The van der Waals surface area contributed by atoms with E-state index in [1.165, 1.54) is 6.92 Å². The van der Waals surface area contributed by atoms with E-state index in [2.05, 4.69) is 0 Å². The van der Waals surface area contributed by atoms with Gasteiger partial charge in [0.1, 0.15) is 6.04 Å². The van der Waals surface area contributed by atoms with Crippen LogP contribution in [0.25, 0.3) is 0 Å². The van der Waals surface area contributed by atoms with Gasteiger partial charge in [0.15, 0.2) is 0 Å². The predicted octanol–water partition coefficient (Wildman–Crippen LogP) is -1.10. The largest absolute Gasteiger partial charge is 0.292 e. The maximum atomic E-state index is 11.4. The summed E-state index contributed by atoms with van der Waals surface area (Å²) in [6.07, 6.45) is 1.19. The number of hydrogen-bond acceptors (Lipinski definition) is 4. The Hall–Kier alpha value is -1.43. The van der Waals surface area contributed by atoms with Crippen LogP contribution in [0.5, 0.6) is 0 Å². The Bertz CT molecular complexity index is 261. The molecule has 1 fully saturated rings. The second-order valence-corrected chi connectivity index (χ2v) is 3.20. The van der Waals surface area contributed by atoms with E-state index >= 15 is 0 Å². The van der Waals surface area contributed by atoms with Gasteiger partial charge in [-0.25, -0.2) is 5.84 Å². The van der Waals surface area contributed by atoms with Gasteiger partial charge in [-0.3, -0.25) is 24.7 Å². The highest BCUT2D eigenvalue weighted by atomic mass is 16.2. The molecule has 6 nitrogen and oxygen atoms in total. The molecule has 0 saturated carbocycles. The number of hydrogen-bond donors (Lipinski definition) is 2. The van der Waals surface area contributed by atoms with Crippen molar-refractivity contribution in [3.8, 4) is 0 Å². The van der Waals surface area contributed by atoms with E-state index in [0.717, 1.165) is 4.90 Å². The summed E-state index contributed by atoms with van der Waals surface area (Å²) in [7, 11) is 0. The molecule has 0 aromatic carbocycles. The van der Waals surface area contributed by atoms with Gasteiger partial charge in [0.25, 0.3) is 5.91 Å². The van der Waals surface area contributed by atoms with E-state index in [9.17, 15) is 14.4 Å². The summed E-state index contributed by atoms with van der Waals surface area (Å²) in [4.78, 5) is 34.8. The lowest BCUT2D eigenvalue weighted by Gasteiger charge is -2.29. The number of amides is 3. The monoisotopic (exact) mass is 199 g/mol. The van der Waals surface area contributed by atoms with Crippen LogP contribution in [0.3, 0.4) is 0 Å². The summed E-state index contributed by atoms with van der Waals surface area (Å²) in [6.45, 7) is 1.48. The molecule has 0 aliphatic carbocycles. The van der Waals surface area contributed by atoms with Crippen molar-refractivity contribution in [2.45, 2.75) is 32.2 Å². The molecule has 0 bridgehead atoms. The molecule has 1 rings (SSSR count). The van der Waals surface area contributed by atoms with Crippen LogP contribution in [0.15, 0.2) is 0 Å². The van der Waals surface area contributed by atoms with Gasteiger partial charge < -0.3 is 0 Å². The normalized spacial score (nSPS) is 19.4. The second kappa shape index (κ2) is 4.19. The smallest absolute Gasteiger partial charge is 0.256 e. The first-order valence-corrected chi connectivity index (χ1v) is 4.43. The minimum atomic E-state index is -0.819. The molecule has 1 atom stereocenters. The molecule has 1 aliphatic rings. The van der Waals surface area contributed by atoms with Crippen molar-refractivity contribution in [1.29, 1.82) is 0 Å². The Morgan fingerprint density at radius 3 is 2.36 bits per heavy atom. The topological polar surface area (TPSA) is 92.5 Å². The van der Waals surface area contributed by atoms with Gasteiger partial charge >= 0.3 is 0 Å². The van der Waals surface area contributed by atoms with Crippen LogP contribution in [-0.4, -0.2) is 28.7 Å². The molecule has 0 radical (unpaired) electrons. The molecule has 0 aromatic heterocycles. The number of nitrogens with one attached hydrogen (secondary N) is 1. The van der Waals surface area contributed by atoms with Crippen LogP contribution < -0.4 is 11.3 Å². The van der Waals surface area contributed by atoms with Gasteiger partial charge in [0.2, 0.25) is 11.8 Å². The van der Waals surface area contributed by atoms with Crippen LogP contribution in [0.2, 0.25) is 0 Å². The lowest BCUT2D eigenvalue weighted by molar-refractivity contribution is -0.154. The quantitative estimate of drug-likeness (QED) is 0.255. The first-order chi connectivity index (χ1) is 6.57. The highest BCUT2D eigenvalue weighted by Crippen LogP contribution is 2.15. The SMILES string of the molecule is CC(C(=O)NN)N1C(=O)CCCC1=O. The molecule has 78 valence electrons. The van der Waals surface area contributed by atoms with Gasteiger partial charge in [0, 0.05) is 12.8 Å². The third-order valence-corrected chi connectivity index (χ3v) is 2.23. The zero-order valence-corrected chi connectivity index (χ0v) is 7.95. The molecular weight excluding hydrogens is 186 g/mol. The maximum absolute atomic E-state index is 11.4. The van der Waals surface area contributed by atoms with Crippen molar-refractivity contribution in [1.82, 2.24) is 10.3 Å². The van der Waals surface area contributed by atoms with Crippen LogP contribution in [0.1, 0.15) is 26.2 Å². The Morgan fingerprint density at radius 2 is 1.93 bits per heavy atom. The highest BCUT2D eigenvalue weighted by molar-refractivity contribution is 6.01. The molecule has 3 amide bonds. The fourth-order valence-electron chi connectivity index (χ4n) is 1.44. The number of carbonyl (C=O) groups is 3. The van der Waals surface area contributed by atoms with Crippen LogP contribution in [0.4, 0.5) is 0 Å². The van der Waals surface area contributed by atoms with Crippen molar-refractivity contribution in [2.24, 2.45) is 5.84 Å². The Morgan fingerprint density at radius 1 is 1.43 bits per heavy atom. The van der Waals surface area contributed by atoms with Crippen LogP contribution in [0, 0.1) is 0 Å². The van der Waals surface area contributed by atoms with Gasteiger partial charge in [0.05, 0.1) is 0 Å². The molecule has 1 aliphatic heterocycles. The maximum Gasteiger partial charge on any atom is 0.256 e. The number of nitrogens with zero attached hydrogens (tertiary/aromatic N) is 1. The molecule has 0 spiro atoms. The summed E-state index contributed by atoms with van der Waals surface area (Å²) in [5.74, 6) is 3.77. The fourth-order valence-corrected chi connectivity index (χ4v) is 1.44. The molecule has 14 heavy (non-hydrogen) atoms. The van der Waals surface area contributed by atoms with E-state index in [0.29, 0.717) is 19.3 Å². The number of nitrogens with two attached hydrogens (primary N) is 1. The van der Waals surface area contributed by atoms with Gasteiger partial charge in [-0.1, -0.05) is 0 Å². The summed E-state index contributed by atoms with van der Waals surface area (Å²) >= 11 is 0. The minimum absolute atomic E-state index is 0.308. The van der Waals surface area contributed by atoms with E-state index < -0.39 is 11.9 Å². The van der Waals surface area contributed by atoms with Crippen molar-refractivity contribution in [2.75, 3.05) is 0 Å². The third-order valence-electron chi connectivity index (χ3n) is 2.23. The van der Waals surface area contributed by atoms with E-state index in [4.69, 9.17) is 5.84 Å². The summed E-state index contributed by atoms with van der Waals surface area (Å²) in [6, 6.07) is -0.819. The number of carbonyl (C=O) groups excluding carboxylic acids is 3. The first-order valence-electron chi connectivity index (χ1n) is 4.43. The summed E-state index contributed by atoms with van der Waals surface area (Å²) in [5.41, 5.74) is 1.92. The van der Waals surface area contributed by atoms with E-state index in [1.54, 1.807) is 0 Å². The number of piperidine rings is 1. The zero-order valence-electron chi connectivity index (χ0n) is 7.95.